The van der Waals surface area contributed by atoms with Crippen molar-refractivity contribution in [1.29, 1.82) is 63.1 Å². The molecule has 1 radical (unpaired) electrons. The Balaban J connectivity index is -0.00000000558. The Morgan fingerprint density at radius 1 is 0.241 bits per heavy atom. The van der Waals surface area contributed by atoms with Crippen LogP contribution in [0, 0.1) is 142 Å². The van der Waals surface area contributed by atoms with Crippen molar-refractivity contribution < 1.29 is 71.0 Å². The van der Waals surface area contributed by atoms with Crippen LogP contribution >= 0.6 is 0 Å². The first-order valence-electron chi connectivity index (χ1n) is 2.92. The van der Waals surface area contributed by atoms with Gasteiger partial charge < -0.3 is 142 Å². The number of rotatable bonds is 0. The van der Waals surface area contributed by atoms with E-state index in [0.717, 1.165) is 0 Å². The van der Waals surface area contributed by atoms with Crippen molar-refractivity contribution in [2.75, 3.05) is 0 Å². The zero-order valence-electron chi connectivity index (χ0n) is 13.1. The molecular weight excluding hydrogens is 601 g/mol. The van der Waals surface area contributed by atoms with Gasteiger partial charge in [-0.15, -0.1) is 0 Å². The molecule has 17 heteroatoms. The molecule has 0 spiro atoms. The topological polar surface area (TPSA) is 285 Å². The van der Waals surface area contributed by atoms with Gasteiger partial charge in [0.15, 0.2) is 0 Å². The molecule has 0 unspecified atom stereocenters. The summed E-state index contributed by atoms with van der Waals surface area (Å²) >= 11 is 12.5. The van der Waals surface area contributed by atoms with E-state index < -0.39 is 0 Å². The molecule has 0 N–H and O–H groups in total. The zero-order valence-corrected chi connectivity index (χ0v) is 18.4. The molecule has 0 heterocycles. The molecule has 161 valence electrons. The van der Waals surface area contributed by atoms with Crippen LogP contribution in [0.1, 0.15) is 0 Å². The van der Waals surface area contributed by atoms with Crippen molar-refractivity contribution in [3.8, 4) is 0 Å². The van der Waals surface area contributed by atoms with E-state index >= 15 is 0 Å². The molecule has 0 saturated heterocycles. The van der Waals surface area contributed by atoms with Crippen molar-refractivity contribution in [3.05, 3.63) is 78.9 Å². The van der Waals surface area contributed by atoms with Gasteiger partial charge in [0.2, 0.25) is 0 Å². The number of hydrogen-bond acceptors (Lipinski definition) is 12. The van der Waals surface area contributed by atoms with Crippen molar-refractivity contribution in [1.82, 2.24) is 0 Å². The van der Waals surface area contributed by atoms with Crippen LogP contribution in [0.15, 0.2) is 0 Å². The van der Waals surface area contributed by atoms with E-state index in [1.807, 2.05) is 0 Å². The molecule has 0 aromatic rings. The molecule has 0 rings (SSSR count). The Morgan fingerprint density at radius 3 is 0.241 bits per heavy atom. The third-order valence-electron chi connectivity index (χ3n) is 0. The quantitative estimate of drug-likeness (QED) is 0.279. The Kier molecular flexibility index (Phi) is 5090. The summed E-state index contributed by atoms with van der Waals surface area (Å²) in [4.78, 5) is 0. The summed E-state index contributed by atoms with van der Waals surface area (Å²) < 4.78 is 0. The summed E-state index contributed by atoms with van der Waals surface area (Å²) in [5.74, 6) is 0. The predicted octanol–water partition coefficient (Wildman–Crippen LogP) is 1.14. The second kappa shape index (κ2) is 1060. The summed E-state index contributed by atoms with van der Waals surface area (Å²) in [5, 5.41) is 75.0. The second-order valence-electron chi connectivity index (χ2n) is 0. The summed E-state index contributed by atoms with van der Waals surface area (Å²) in [7, 11) is 0. The molecule has 0 aliphatic heterocycles. The molecule has 0 aliphatic carbocycles. The molecule has 0 aromatic heterocycles. The minimum absolute atomic E-state index is 0. The second-order valence-corrected chi connectivity index (χ2v) is 0. The summed E-state index contributed by atoms with van der Waals surface area (Å²) in [6.45, 7) is 57.0. The van der Waals surface area contributed by atoms with Gasteiger partial charge in [0.25, 0.3) is 0 Å². The van der Waals surface area contributed by atoms with E-state index in [-0.39, 0.29) is 16.8 Å². The van der Waals surface area contributed by atoms with Gasteiger partial charge in [-0.25, -0.2) is 0 Å². The Labute approximate surface area is 211 Å². The average Bonchev–Trinajstić information content (AvgIpc) is 2.95. The third-order valence-corrected chi connectivity index (χ3v) is 0. The zero-order chi connectivity index (χ0) is 28.0. The van der Waals surface area contributed by atoms with E-state index in [4.69, 9.17) is 142 Å². The summed E-state index contributed by atoms with van der Waals surface area (Å²) in [6, 6.07) is 0. The molecular formula is C12Co3Fe2N12-10. The average molecular weight is 601 g/mol. The molecule has 0 fully saturated rings. The fraction of sp³-hybridized carbons (Fsp3) is 0. The molecule has 29 heavy (non-hydrogen) atoms. The maximum absolute atomic E-state index is 6.25. The summed E-state index contributed by atoms with van der Waals surface area (Å²) in [5.41, 5.74) is 0. The van der Waals surface area contributed by atoms with Gasteiger partial charge in [0.1, 0.15) is 0 Å². The van der Waals surface area contributed by atoms with Crippen LogP contribution in [0.3, 0.4) is 0 Å². The van der Waals surface area contributed by atoms with E-state index in [0.29, 0.717) is 0 Å². The molecule has 0 atom stereocenters. The first-order chi connectivity index (χ1) is 14.0. The molecule has 0 saturated carbocycles. The number of hydrogen-bond donors (Lipinski definition) is 0. The van der Waals surface area contributed by atoms with Crippen LogP contribution in [0.4, 0.5) is 0 Å². The minimum atomic E-state index is 0. The fourth-order valence-electron chi connectivity index (χ4n) is 0. The maximum atomic E-state index is 6.25. The van der Waals surface area contributed by atoms with E-state index in [2.05, 4.69) is 54.2 Å². The van der Waals surface area contributed by atoms with Gasteiger partial charge in [-0.3, -0.25) is 0 Å². The first kappa shape index (κ1) is 139. The summed E-state index contributed by atoms with van der Waals surface area (Å²) in [6.07, 6.45) is 0. The molecule has 0 aromatic carbocycles. The standard InChI is InChI=1S/12CN.3Co.2Fe/c12*1-2;;;;;/q12*-1;;;+2;;. The van der Waals surface area contributed by atoms with Crippen LogP contribution in [-0.4, -0.2) is 0 Å². The van der Waals surface area contributed by atoms with E-state index in [9.17, 15) is 0 Å². The Hall–Kier alpha value is -3.56. The van der Waals surface area contributed by atoms with Crippen molar-refractivity contribution in [2.24, 2.45) is 0 Å². The van der Waals surface area contributed by atoms with Crippen molar-refractivity contribution in [3.63, 3.8) is 0 Å². The molecule has 0 bridgehead atoms. The SMILES string of the molecule is [C-]#N.[C-]#N.[C-]#N.[C-]#N.[C-]#N.[C-]#N.[C-]#N.[C-]#N.[C-]#N.[C-]#N.[C-]#N.[C-]#N.[Co+2].[Fe]=[Co].[Fe]=[Co]. The van der Waals surface area contributed by atoms with Crippen LogP contribution in [0.2, 0.25) is 0 Å². The predicted molar refractivity (Wildman–Crippen MR) is 59.6 cm³/mol. The first-order valence-corrected chi connectivity index (χ1v) is 6.69. The molecule has 0 amide bonds. The van der Waals surface area contributed by atoms with Gasteiger partial charge in [-0.1, -0.05) is 0 Å². The van der Waals surface area contributed by atoms with Crippen LogP contribution < -0.4 is 0 Å². The van der Waals surface area contributed by atoms with Crippen molar-refractivity contribution in [2.45, 2.75) is 0 Å². The molecule has 0 aliphatic rings. The Morgan fingerprint density at radius 2 is 0.241 bits per heavy atom. The molecule has 12 nitrogen and oxygen atoms in total. The van der Waals surface area contributed by atoms with Crippen LogP contribution in [0.5, 0.6) is 0 Å². The van der Waals surface area contributed by atoms with E-state index in [1.54, 1.807) is 0 Å². The van der Waals surface area contributed by atoms with Gasteiger partial charge in [0, 0.05) is 0 Å². The van der Waals surface area contributed by atoms with Gasteiger partial charge in [-0.2, -0.15) is 0 Å². The normalized spacial score (nSPS) is 1.24. The fourth-order valence-corrected chi connectivity index (χ4v) is 0. The van der Waals surface area contributed by atoms with Crippen LogP contribution in [-0.2, 0) is 71.0 Å². The monoisotopic (exact) mass is 601 g/mol. The van der Waals surface area contributed by atoms with Gasteiger partial charge in [-0.05, 0) is 0 Å². The number of nitrogens with zero attached hydrogens (tertiary/aromatic N) is 12. The van der Waals surface area contributed by atoms with Crippen LogP contribution in [0.25, 0.3) is 0 Å². The van der Waals surface area contributed by atoms with Gasteiger partial charge >= 0.3 is 71.0 Å². The Bertz CT molecular complexity index is 259. The van der Waals surface area contributed by atoms with Gasteiger partial charge in [0.05, 0.1) is 0 Å². The van der Waals surface area contributed by atoms with E-state index in [1.165, 1.54) is 0 Å². The third kappa shape index (κ3) is 970. The van der Waals surface area contributed by atoms with Crippen molar-refractivity contribution >= 4 is 0 Å².